The van der Waals surface area contributed by atoms with Gasteiger partial charge in [0, 0.05) is 31.9 Å². The molecule has 1 rings (SSSR count). The van der Waals surface area contributed by atoms with Gasteiger partial charge in [0.25, 0.3) is 0 Å². The Hall–Kier alpha value is -1.64. The fourth-order valence-corrected chi connectivity index (χ4v) is 3.72. The minimum Gasteiger partial charge on any atom is -0.383 e. The lowest BCUT2D eigenvalue weighted by molar-refractivity contribution is -0.120. The summed E-state index contributed by atoms with van der Waals surface area (Å²) in [4.78, 5) is 12.0. The van der Waals surface area contributed by atoms with Crippen molar-refractivity contribution in [3.63, 3.8) is 0 Å². The van der Waals surface area contributed by atoms with Crippen molar-refractivity contribution in [2.75, 3.05) is 38.7 Å². The average molecular weight is 357 g/mol. The van der Waals surface area contributed by atoms with Crippen molar-refractivity contribution in [1.82, 2.24) is 9.62 Å². The molecule has 1 unspecified atom stereocenters. The number of benzene rings is 1. The standard InChI is InChI=1S/C16H27N3O4S/c1-5-19(6-2)24(21,22)15-9-7-14(8-10-15)17-11-16(20)18-13(3)12-23-4/h7-10,13,17H,5-6,11-12H2,1-4H3,(H,18,20). The predicted octanol–water partition coefficient (Wildman–Crippen LogP) is 1.28. The Labute approximate surface area is 144 Å². The Morgan fingerprint density at radius 2 is 1.79 bits per heavy atom. The van der Waals surface area contributed by atoms with E-state index in [4.69, 9.17) is 4.74 Å². The molecule has 0 aliphatic heterocycles. The summed E-state index contributed by atoms with van der Waals surface area (Å²) in [6, 6.07) is 6.33. The first kappa shape index (κ1) is 20.4. The number of carbonyl (C=O) groups is 1. The first-order valence-electron chi connectivity index (χ1n) is 7.97. The van der Waals surface area contributed by atoms with E-state index in [1.165, 1.54) is 4.31 Å². The highest BCUT2D eigenvalue weighted by Gasteiger charge is 2.21. The van der Waals surface area contributed by atoms with Gasteiger partial charge in [-0.05, 0) is 31.2 Å². The third-order valence-electron chi connectivity index (χ3n) is 3.47. The lowest BCUT2D eigenvalue weighted by Gasteiger charge is -2.18. The van der Waals surface area contributed by atoms with E-state index < -0.39 is 10.0 Å². The summed E-state index contributed by atoms with van der Waals surface area (Å²) in [7, 11) is -1.88. The minimum absolute atomic E-state index is 0.0640. The maximum atomic E-state index is 12.4. The number of anilines is 1. The molecule has 7 nitrogen and oxygen atoms in total. The molecule has 1 atom stereocenters. The van der Waals surface area contributed by atoms with Gasteiger partial charge in [0.1, 0.15) is 0 Å². The zero-order valence-corrected chi connectivity index (χ0v) is 15.5. The second kappa shape index (κ2) is 9.61. The Kier molecular flexibility index (Phi) is 8.17. The molecule has 1 aromatic rings. The van der Waals surface area contributed by atoms with E-state index in [9.17, 15) is 13.2 Å². The molecule has 1 aromatic carbocycles. The summed E-state index contributed by atoms with van der Waals surface area (Å²) < 4.78 is 31.1. The van der Waals surface area contributed by atoms with Gasteiger partial charge in [-0.25, -0.2) is 8.42 Å². The van der Waals surface area contributed by atoms with Crippen molar-refractivity contribution in [3.05, 3.63) is 24.3 Å². The maximum absolute atomic E-state index is 12.4. The van der Waals surface area contributed by atoms with Crippen molar-refractivity contribution in [2.45, 2.75) is 31.7 Å². The number of rotatable bonds is 10. The van der Waals surface area contributed by atoms with Crippen LogP contribution in [0.15, 0.2) is 29.2 Å². The largest absolute Gasteiger partial charge is 0.383 e. The topological polar surface area (TPSA) is 87.7 Å². The average Bonchev–Trinajstić information content (AvgIpc) is 2.54. The molecule has 0 aliphatic carbocycles. The number of methoxy groups -OCH3 is 1. The molecule has 136 valence electrons. The monoisotopic (exact) mass is 357 g/mol. The number of ether oxygens (including phenoxy) is 1. The number of nitrogens with zero attached hydrogens (tertiary/aromatic N) is 1. The first-order valence-corrected chi connectivity index (χ1v) is 9.41. The van der Waals surface area contributed by atoms with E-state index in [-0.39, 0.29) is 23.4 Å². The number of amides is 1. The fraction of sp³-hybridized carbons (Fsp3) is 0.562. The summed E-state index contributed by atoms with van der Waals surface area (Å²) in [6.07, 6.45) is 0. The molecule has 8 heteroatoms. The van der Waals surface area contributed by atoms with Gasteiger partial charge in [-0.3, -0.25) is 4.79 Å². The highest BCUT2D eigenvalue weighted by atomic mass is 32.2. The summed E-state index contributed by atoms with van der Waals surface area (Å²) >= 11 is 0. The fourth-order valence-electron chi connectivity index (χ4n) is 2.26. The zero-order valence-electron chi connectivity index (χ0n) is 14.7. The summed E-state index contributed by atoms with van der Waals surface area (Å²) in [5.41, 5.74) is 0.683. The van der Waals surface area contributed by atoms with Crippen molar-refractivity contribution in [3.8, 4) is 0 Å². The number of hydrogen-bond donors (Lipinski definition) is 2. The molecule has 24 heavy (non-hydrogen) atoms. The van der Waals surface area contributed by atoms with Crippen LogP contribution in [0.1, 0.15) is 20.8 Å². The first-order chi connectivity index (χ1) is 11.3. The molecule has 2 N–H and O–H groups in total. The van der Waals surface area contributed by atoms with Crippen LogP contribution in [0.2, 0.25) is 0 Å². The van der Waals surface area contributed by atoms with Crippen LogP contribution in [0.4, 0.5) is 5.69 Å². The van der Waals surface area contributed by atoms with Crippen LogP contribution in [0.5, 0.6) is 0 Å². The molecule has 0 fully saturated rings. The number of hydrogen-bond acceptors (Lipinski definition) is 5. The molecule has 0 bridgehead atoms. The molecule has 0 saturated heterocycles. The highest BCUT2D eigenvalue weighted by Crippen LogP contribution is 2.18. The van der Waals surface area contributed by atoms with Crippen LogP contribution >= 0.6 is 0 Å². The van der Waals surface area contributed by atoms with Gasteiger partial charge in [-0.2, -0.15) is 4.31 Å². The van der Waals surface area contributed by atoms with Crippen LogP contribution in [0.25, 0.3) is 0 Å². The predicted molar refractivity (Wildman–Crippen MR) is 94.5 cm³/mol. The van der Waals surface area contributed by atoms with Crippen molar-refractivity contribution in [1.29, 1.82) is 0 Å². The van der Waals surface area contributed by atoms with Crippen molar-refractivity contribution >= 4 is 21.6 Å². The molecule has 0 aromatic heterocycles. The lowest BCUT2D eigenvalue weighted by atomic mass is 10.3. The van der Waals surface area contributed by atoms with Gasteiger partial charge < -0.3 is 15.4 Å². The van der Waals surface area contributed by atoms with Gasteiger partial charge in [-0.15, -0.1) is 0 Å². The molecule has 0 heterocycles. The molecule has 0 saturated carbocycles. The zero-order chi connectivity index (χ0) is 18.2. The molecular weight excluding hydrogens is 330 g/mol. The number of nitrogens with one attached hydrogen (secondary N) is 2. The summed E-state index contributed by atoms with van der Waals surface area (Å²) in [6.45, 7) is 6.88. The van der Waals surface area contributed by atoms with E-state index in [1.807, 2.05) is 6.92 Å². The van der Waals surface area contributed by atoms with Crippen LogP contribution in [0.3, 0.4) is 0 Å². The van der Waals surface area contributed by atoms with E-state index in [1.54, 1.807) is 45.2 Å². The SMILES string of the molecule is CCN(CC)S(=O)(=O)c1ccc(NCC(=O)NC(C)COC)cc1. The number of sulfonamides is 1. The van der Waals surface area contributed by atoms with Gasteiger partial charge >= 0.3 is 0 Å². The lowest BCUT2D eigenvalue weighted by Crippen LogP contribution is -2.39. The maximum Gasteiger partial charge on any atom is 0.243 e. The highest BCUT2D eigenvalue weighted by molar-refractivity contribution is 7.89. The number of carbonyl (C=O) groups excluding carboxylic acids is 1. The van der Waals surface area contributed by atoms with Crippen LogP contribution in [-0.4, -0.2) is 58.0 Å². The molecular formula is C16H27N3O4S. The van der Waals surface area contributed by atoms with Gasteiger partial charge in [0.2, 0.25) is 15.9 Å². The molecule has 0 aliphatic rings. The third kappa shape index (κ3) is 5.77. The van der Waals surface area contributed by atoms with E-state index in [0.29, 0.717) is 25.4 Å². The molecule has 0 radical (unpaired) electrons. The smallest absolute Gasteiger partial charge is 0.243 e. The Morgan fingerprint density at radius 1 is 1.21 bits per heavy atom. The second-order valence-corrected chi connectivity index (χ2v) is 7.33. The van der Waals surface area contributed by atoms with Gasteiger partial charge in [-0.1, -0.05) is 13.8 Å². The normalized spacial score (nSPS) is 12.9. The Morgan fingerprint density at radius 3 is 2.29 bits per heavy atom. The second-order valence-electron chi connectivity index (χ2n) is 5.39. The molecule has 0 spiro atoms. The van der Waals surface area contributed by atoms with Gasteiger partial charge in [0.15, 0.2) is 0 Å². The van der Waals surface area contributed by atoms with Crippen LogP contribution in [-0.2, 0) is 19.6 Å². The van der Waals surface area contributed by atoms with Crippen molar-refractivity contribution in [2.24, 2.45) is 0 Å². The van der Waals surface area contributed by atoms with Gasteiger partial charge in [0.05, 0.1) is 18.0 Å². The van der Waals surface area contributed by atoms with E-state index >= 15 is 0 Å². The van der Waals surface area contributed by atoms with E-state index in [2.05, 4.69) is 10.6 Å². The third-order valence-corrected chi connectivity index (χ3v) is 5.54. The van der Waals surface area contributed by atoms with Crippen LogP contribution < -0.4 is 10.6 Å². The summed E-state index contributed by atoms with van der Waals surface area (Å²) in [5.74, 6) is -0.153. The Bertz CT molecular complexity index is 613. The minimum atomic E-state index is -3.46. The van der Waals surface area contributed by atoms with E-state index in [0.717, 1.165) is 0 Å². The molecule has 1 amide bonds. The van der Waals surface area contributed by atoms with Crippen molar-refractivity contribution < 1.29 is 17.9 Å². The van der Waals surface area contributed by atoms with Crippen LogP contribution in [0, 0.1) is 0 Å². The quantitative estimate of drug-likeness (QED) is 0.659. The summed E-state index contributed by atoms with van der Waals surface area (Å²) in [5, 5.41) is 5.75. The Balaban J connectivity index is 2.64.